The Labute approximate surface area is 95.0 Å². The van der Waals surface area contributed by atoms with E-state index >= 15 is 0 Å². The Kier molecular flexibility index (Phi) is 4.19. The van der Waals surface area contributed by atoms with Gasteiger partial charge in [-0.15, -0.1) is 0 Å². The predicted molar refractivity (Wildman–Crippen MR) is 62.9 cm³/mol. The maximum Gasteiger partial charge on any atom is 0.130 e. The molecule has 0 unspecified atom stereocenters. The fraction of sp³-hybridized carbons (Fsp3) is 0.385. The highest BCUT2D eigenvalue weighted by Crippen LogP contribution is 2.13. The zero-order valence-electron chi connectivity index (χ0n) is 9.63. The van der Waals surface area contributed by atoms with Crippen LogP contribution >= 0.6 is 0 Å². The van der Waals surface area contributed by atoms with Crippen LogP contribution in [0.15, 0.2) is 24.3 Å². The summed E-state index contributed by atoms with van der Waals surface area (Å²) in [4.78, 5) is 0. The first-order valence-electron chi connectivity index (χ1n) is 5.29. The molecule has 1 aromatic rings. The van der Waals surface area contributed by atoms with E-state index in [2.05, 4.69) is 0 Å². The average molecular weight is 225 g/mol. The SMILES string of the molecule is CC(C)(N)CC/C=C/c1cc(F)ccc1F. The zero-order chi connectivity index (χ0) is 12.2. The van der Waals surface area contributed by atoms with Gasteiger partial charge in [-0.25, -0.2) is 8.78 Å². The lowest BCUT2D eigenvalue weighted by Crippen LogP contribution is -2.31. The van der Waals surface area contributed by atoms with Crippen LogP contribution in [0.1, 0.15) is 32.3 Å². The maximum atomic E-state index is 13.2. The summed E-state index contributed by atoms with van der Waals surface area (Å²) in [7, 11) is 0. The summed E-state index contributed by atoms with van der Waals surface area (Å²) in [6.07, 6.45) is 4.95. The van der Waals surface area contributed by atoms with Crippen molar-refractivity contribution in [3.8, 4) is 0 Å². The van der Waals surface area contributed by atoms with E-state index in [4.69, 9.17) is 5.73 Å². The van der Waals surface area contributed by atoms with E-state index < -0.39 is 11.6 Å². The van der Waals surface area contributed by atoms with E-state index in [1.165, 1.54) is 6.07 Å². The minimum Gasteiger partial charge on any atom is -0.326 e. The lowest BCUT2D eigenvalue weighted by Gasteiger charge is -2.16. The van der Waals surface area contributed by atoms with Crippen molar-refractivity contribution in [3.05, 3.63) is 41.5 Å². The normalized spacial score (nSPS) is 12.3. The molecule has 0 amide bonds. The monoisotopic (exact) mass is 225 g/mol. The van der Waals surface area contributed by atoms with Crippen molar-refractivity contribution in [1.82, 2.24) is 0 Å². The second-order valence-corrected chi connectivity index (χ2v) is 4.60. The summed E-state index contributed by atoms with van der Waals surface area (Å²) in [5, 5.41) is 0. The lowest BCUT2D eigenvalue weighted by molar-refractivity contribution is 0.482. The molecule has 0 saturated carbocycles. The molecule has 2 N–H and O–H groups in total. The fourth-order valence-corrected chi connectivity index (χ4v) is 1.31. The average Bonchev–Trinajstić information content (AvgIpc) is 2.16. The van der Waals surface area contributed by atoms with Gasteiger partial charge in [0, 0.05) is 11.1 Å². The van der Waals surface area contributed by atoms with Crippen LogP contribution in [0.4, 0.5) is 8.78 Å². The van der Waals surface area contributed by atoms with Gasteiger partial charge in [-0.05, 0) is 44.9 Å². The maximum absolute atomic E-state index is 13.2. The van der Waals surface area contributed by atoms with Gasteiger partial charge in [0.15, 0.2) is 0 Å². The third-order valence-corrected chi connectivity index (χ3v) is 2.21. The Morgan fingerprint density at radius 1 is 1.31 bits per heavy atom. The molecular weight excluding hydrogens is 208 g/mol. The topological polar surface area (TPSA) is 26.0 Å². The van der Waals surface area contributed by atoms with Gasteiger partial charge in [-0.2, -0.15) is 0 Å². The van der Waals surface area contributed by atoms with Crippen LogP contribution in [0.5, 0.6) is 0 Å². The number of benzene rings is 1. The molecule has 16 heavy (non-hydrogen) atoms. The van der Waals surface area contributed by atoms with Gasteiger partial charge in [0.1, 0.15) is 11.6 Å². The minimum absolute atomic E-state index is 0.231. The van der Waals surface area contributed by atoms with E-state index in [9.17, 15) is 8.78 Å². The van der Waals surface area contributed by atoms with Crippen LogP contribution in [-0.4, -0.2) is 5.54 Å². The van der Waals surface area contributed by atoms with Gasteiger partial charge in [-0.1, -0.05) is 12.2 Å². The van der Waals surface area contributed by atoms with E-state index in [-0.39, 0.29) is 11.1 Å². The third kappa shape index (κ3) is 4.53. The van der Waals surface area contributed by atoms with Crippen LogP contribution in [0.3, 0.4) is 0 Å². The van der Waals surface area contributed by atoms with Crippen molar-refractivity contribution in [2.24, 2.45) is 5.73 Å². The second-order valence-electron chi connectivity index (χ2n) is 4.60. The fourth-order valence-electron chi connectivity index (χ4n) is 1.31. The summed E-state index contributed by atoms with van der Waals surface area (Å²) in [6, 6.07) is 3.41. The second kappa shape index (κ2) is 5.21. The molecule has 0 atom stereocenters. The first kappa shape index (κ1) is 12.8. The van der Waals surface area contributed by atoms with Crippen molar-refractivity contribution >= 4 is 6.08 Å². The number of hydrogen-bond donors (Lipinski definition) is 1. The van der Waals surface area contributed by atoms with E-state index in [0.717, 1.165) is 25.0 Å². The van der Waals surface area contributed by atoms with Crippen LogP contribution in [-0.2, 0) is 0 Å². The molecule has 0 bridgehead atoms. The molecule has 0 aliphatic heterocycles. The van der Waals surface area contributed by atoms with Gasteiger partial charge in [-0.3, -0.25) is 0 Å². The molecule has 0 heterocycles. The van der Waals surface area contributed by atoms with Crippen LogP contribution < -0.4 is 5.73 Å². The summed E-state index contributed by atoms with van der Waals surface area (Å²) in [5.74, 6) is -0.843. The summed E-state index contributed by atoms with van der Waals surface area (Å²) in [5.41, 5.74) is 5.84. The molecule has 0 fully saturated rings. The minimum atomic E-state index is -0.430. The molecule has 1 aromatic carbocycles. The Bertz CT molecular complexity index is 378. The number of rotatable bonds is 4. The molecule has 0 radical (unpaired) electrons. The number of allylic oxidation sites excluding steroid dienone is 1. The van der Waals surface area contributed by atoms with E-state index in [1.54, 1.807) is 6.08 Å². The Hall–Kier alpha value is -1.22. The zero-order valence-corrected chi connectivity index (χ0v) is 9.63. The highest BCUT2D eigenvalue weighted by atomic mass is 19.1. The first-order chi connectivity index (χ1) is 7.38. The van der Waals surface area contributed by atoms with Crippen molar-refractivity contribution in [1.29, 1.82) is 0 Å². The van der Waals surface area contributed by atoms with Gasteiger partial charge in [0.05, 0.1) is 0 Å². The molecule has 0 aliphatic carbocycles. The first-order valence-corrected chi connectivity index (χ1v) is 5.29. The summed E-state index contributed by atoms with van der Waals surface area (Å²) >= 11 is 0. The van der Waals surface area contributed by atoms with Crippen LogP contribution in [0, 0.1) is 11.6 Å². The molecule has 3 heteroatoms. The standard InChI is InChI=1S/C13H17F2N/c1-13(2,16)8-4-3-5-10-9-11(14)6-7-12(10)15/h3,5-7,9H,4,8,16H2,1-2H3/b5-3+. The number of nitrogens with two attached hydrogens (primary N) is 1. The summed E-state index contributed by atoms with van der Waals surface area (Å²) in [6.45, 7) is 3.87. The largest absolute Gasteiger partial charge is 0.326 e. The molecule has 0 saturated heterocycles. The van der Waals surface area contributed by atoms with Crippen molar-refractivity contribution in [3.63, 3.8) is 0 Å². The van der Waals surface area contributed by atoms with Gasteiger partial charge < -0.3 is 5.73 Å². The Morgan fingerprint density at radius 2 is 2.00 bits per heavy atom. The molecule has 88 valence electrons. The van der Waals surface area contributed by atoms with Crippen LogP contribution in [0.25, 0.3) is 6.08 Å². The van der Waals surface area contributed by atoms with Crippen molar-refractivity contribution in [2.75, 3.05) is 0 Å². The Morgan fingerprint density at radius 3 is 2.62 bits per heavy atom. The van der Waals surface area contributed by atoms with Crippen molar-refractivity contribution in [2.45, 2.75) is 32.2 Å². The Balaban J connectivity index is 2.59. The van der Waals surface area contributed by atoms with E-state index in [0.29, 0.717) is 0 Å². The third-order valence-electron chi connectivity index (χ3n) is 2.21. The molecular formula is C13H17F2N. The highest BCUT2D eigenvalue weighted by molar-refractivity contribution is 5.49. The van der Waals surface area contributed by atoms with Crippen LogP contribution in [0.2, 0.25) is 0 Å². The summed E-state index contributed by atoms with van der Waals surface area (Å²) < 4.78 is 26.0. The molecule has 0 aromatic heterocycles. The number of halogens is 2. The molecule has 1 rings (SSSR count). The lowest BCUT2D eigenvalue weighted by atomic mass is 10.00. The smallest absolute Gasteiger partial charge is 0.130 e. The van der Waals surface area contributed by atoms with Gasteiger partial charge >= 0.3 is 0 Å². The quantitative estimate of drug-likeness (QED) is 0.834. The number of hydrogen-bond acceptors (Lipinski definition) is 1. The molecule has 0 aliphatic rings. The van der Waals surface area contributed by atoms with Gasteiger partial charge in [0.2, 0.25) is 0 Å². The van der Waals surface area contributed by atoms with Gasteiger partial charge in [0.25, 0.3) is 0 Å². The highest BCUT2D eigenvalue weighted by Gasteiger charge is 2.08. The van der Waals surface area contributed by atoms with E-state index in [1.807, 2.05) is 19.9 Å². The molecule has 0 spiro atoms. The predicted octanol–water partition coefficient (Wildman–Crippen LogP) is 3.50. The van der Waals surface area contributed by atoms with Crippen molar-refractivity contribution < 1.29 is 8.78 Å². The molecule has 1 nitrogen and oxygen atoms in total.